The zero-order valence-corrected chi connectivity index (χ0v) is 13.1. The molecule has 1 amide bonds. The summed E-state index contributed by atoms with van der Waals surface area (Å²) < 4.78 is 5.01. The average Bonchev–Trinajstić information content (AvgIpc) is 2.54. The maximum absolute atomic E-state index is 12.0. The van der Waals surface area contributed by atoms with Crippen molar-refractivity contribution in [2.24, 2.45) is 0 Å². The molecular formula is C18H19NO4. The molecule has 0 saturated heterocycles. The molecule has 23 heavy (non-hydrogen) atoms. The summed E-state index contributed by atoms with van der Waals surface area (Å²) in [5.74, 6) is -0.872. The number of nitrogens with one attached hydrogen (secondary N) is 1. The number of amides is 1. The van der Waals surface area contributed by atoms with E-state index in [0.717, 1.165) is 11.1 Å². The number of carbonyl (C=O) groups is 2. The predicted molar refractivity (Wildman–Crippen MR) is 86.7 cm³/mol. The van der Waals surface area contributed by atoms with Gasteiger partial charge in [0.1, 0.15) is 11.3 Å². The highest BCUT2D eigenvalue weighted by Crippen LogP contribution is 2.19. The van der Waals surface area contributed by atoms with E-state index in [4.69, 9.17) is 9.84 Å². The summed E-state index contributed by atoms with van der Waals surface area (Å²) in [6, 6.07) is 12.6. The van der Waals surface area contributed by atoms with Gasteiger partial charge in [-0.2, -0.15) is 0 Å². The molecule has 0 bridgehead atoms. The first-order valence-corrected chi connectivity index (χ1v) is 7.22. The number of aromatic carboxylic acids is 1. The van der Waals surface area contributed by atoms with Crippen LogP contribution >= 0.6 is 0 Å². The Kier molecular flexibility index (Phi) is 5.36. The van der Waals surface area contributed by atoms with E-state index in [0.29, 0.717) is 17.7 Å². The quantitative estimate of drug-likeness (QED) is 0.859. The van der Waals surface area contributed by atoms with Gasteiger partial charge in [-0.25, -0.2) is 4.79 Å². The number of aryl methyl sites for hydroxylation is 1. The van der Waals surface area contributed by atoms with Gasteiger partial charge in [-0.05, 0) is 30.2 Å². The van der Waals surface area contributed by atoms with Crippen molar-refractivity contribution in [3.05, 3.63) is 64.7 Å². The van der Waals surface area contributed by atoms with Crippen LogP contribution in [0.25, 0.3) is 0 Å². The molecule has 0 saturated carbocycles. The molecule has 0 radical (unpaired) electrons. The lowest BCUT2D eigenvalue weighted by molar-refractivity contribution is -0.120. The monoisotopic (exact) mass is 313 g/mol. The summed E-state index contributed by atoms with van der Waals surface area (Å²) in [5.41, 5.74) is 2.88. The van der Waals surface area contributed by atoms with Crippen LogP contribution in [0.4, 0.5) is 0 Å². The lowest BCUT2D eigenvalue weighted by atomic mass is 10.1. The minimum absolute atomic E-state index is 0.0813. The Labute approximate surface area is 134 Å². The minimum Gasteiger partial charge on any atom is -0.496 e. The van der Waals surface area contributed by atoms with Crippen LogP contribution in [-0.4, -0.2) is 24.1 Å². The van der Waals surface area contributed by atoms with Crippen molar-refractivity contribution in [3.63, 3.8) is 0 Å². The van der Waals surface area contributed by atoms with E-state index in [1.54, 1.807) is 12.1 Å². The maximum atomic E-state index is 12.0. The lowest BCUT2D eigenvalue weighted by Crippen LogP contribution is -2.24. The van der Waals surface area contributed by atoms with E-state index in [2.05, 4.69) is 5.32 Å². The van der Waals surface area contributed by atoms with Crippen LogP contribution in [-0.2, 0) is 17.8 Å². The third-order valence-electron chi connectivity index (χ3n) is 3.47. The fourth-order valence-electron chi connectivity index (χ4n) is 2.19. The number of benzene rings is 2. The summed E-state index contributed by atoms with van der Waals surface area (Å²) in [5, 5.41) is 11.9. The highest BCUT2D eigenvalue weighted by atomic mass is 16.5. The van der Waals surface area contributed by atoms with Crippen molar-refractivity contribution < 1.29 is 19.4 Å². The average molecular weight is 313 g/mol. The normalized spacial score (nSPS) is 10.2. The second-order valence-electron chi connectivity index (χ2n) is 5.28. The fraction of sp³-hybridized carbons (Fsp3) is 0.222. The Morgan fingerprint density at radius 2 is 1.74 bits per heavy atom. The van der Waals surface area contributed by atoms with Crippen LogP contribution in [0.1, 0.15) is 27.0 Å². The van der Waals surface area contributed by atoms with Crippen molar-refractivity contribution in [1.82, 2.24) is 5.32 Å². The van der Waals surface area contributed by atoms with Gasteiger partial charge in [-0.15, -0.1) is 0 Å². The Hall–Kier alpha value is -2.82. The van der Waals surface area contributed by atoms with Crippen molar-refractivity contribution in [2.45, 2.75) is 19.9 Å². The highest BCUT2D eigenvalue weighted by Gasteiger charge is 2.12. The summed E-state index contributed by atoms with van der Waals surface area (Å²) >= 11 is 0. The van der Waals surface area contributed by atoms with Crippen molar-refractivity contribution in [2.75, 3.05) is 7.11 Å². The van der Waals surface area contributed by atoms with Gasteiger partial charge in [0.25, 0.3) is 0 Å². The van der Waals surface area contributed by atoms with E-state index >= 15 is 0 Å². The molecular weight excluding hydrogens is 294 g/mol. The minimum atomic E-state index is -1.06. The third-order valence-corrected chi connectivity index (χ3v) is 3.47. The molecule has 0 aliphatic rings. The first-order chi connectivity index (χ1) is 11.0. The van der Waals surface area contributed by atoms with E-state index < -0.39 is 5.97 Å². The van der Waals surface area contributed by atoms with E-state index in [9.17, 15) is 9.59 Å². The van der Waals surface area contributed by atoms with Crippen LogP contribution in [0.3, 0.4) is 0 Å². The predicted octanol–water partition coefficient (Wildman–Crippen LogP) is 2.56. The van der Waals surface area contributed by atoms with Gasteiger partial charge < -0.3 is 15.2 Å². The van der Waals surface area contributed by atoms with Crippen LogP contribution in [0.15, 0.2) is 42.5 Å². The summed E-state index contributed by atoms with van der Waals surface area (Å²) in [4.78, 5) is 23.1. The molecule has 0 unspecified atom stereocenters. The number of methoxy groups -OCH3 is 1. The van der Waals surface area contributed by atoms with Gasteiger partial charge in [-0.1, -0.05) is 35.9 Å². The molecule has 2 aromatic rings. The van der Waals surface area contributed by atoms with Crippen molar-refractivity contribution >= 4 is 11.9 Å². The SMILES string of the molecule is COc1ccc(CNC(=O)Cc2ccc(C)cc2)cc1C(=O)O. The zero-order chi connectivity index (χ0) is 16.8. The molecule has 0 aliphatic carbocycles. The van der Waals surface area contributed by atoms with Gasteiger partial charge in [0.15, 0.2) is 0 Å². The fourth-order valence-corrected chi connectivity index (χ4v) is 2.19. The summed E-state index contributed by atoms with van der Waals surface area (Å²) in [7, 11) is 1.42. The van der Waals surface area contributed by atoms with Gasteiger partial charge >= 0.3 is 5.97 Å². The van der Waals surface area contributed by atoms with Gasteiger partial charge in [0.05, 0.1) is 13.5 Å². The van der Waals surface area contributed by atoms with Crippen LogP contribution < -0.4 is 10.1 Å². The number of carboxylic acids is 1. The second-order valence-corrected chi connectivity index (χ2v) is 5.28. The maximum Gasteiger partial charge on any atom is 0.339 e. The van der Waals surface area contributed by atoms with Gasteiger partial charge in [0.2, 0.25) is 5.91 Å². The third kappa shape index (κ3) is 4.57. The molecule has 5 nitrogen and oxygen atoms in total. The lowest BCUT2D eigenvalue weighted by Gasteiger charge is -2.09. The molecule has 2 aromatic carbocycles. The largest absolute Gasteiger partial charge is 0.496 e. The first kappa shape index (κ1) is 16.5. The molecule has 0 spiro atoms. The van der Waals surface area contributed by atoms with Crippen LogP contribution in [0.5, 0.6) is 5.75 Å². The Bertz CT molecular complexity index is 707. The Morgan fingerprint density at radius 1 is 1.09 bits per heavy atom. The number of carboxylic acid groups (broad SMARTS) is 1. The Morgan fingerprint density at radius 3 is 2.35 bits per heavy atom. The summed E-state index contributed by atoms with van der Waals surface area (Å²) in [6.07, 6.45) is 0.294. The highest BCUT2D eigenvalue weighted by molar-refractivity contribution is 5.91. The molecule has 2 rings (SSSR count). The van der Waals surface area contributed by atoms with E-state index in [1.807, 2.05) is 31.2 Å². The molecule has 2 N–H and O–H groups in total. The van der Waals surface area contributed by atoms with Crippen LogP contribution in [0, 0.1) is 6.92 Å². The van der Waals surface area contributed by atoms with Crippen molar-refractivity contribution in [1.29, 1.82) is 0 Å². The smallest absolute Gasteiger partial charge is 0.339 e. The molecule has 120 valence electrons. The number of hydrogen-bond donors (Lipinski definition) is 2. The van der Waals surface area contributed by atoms with Gasteiger partial charge in [0, 0.05) is 6.54 Å². The topological polar surface area (TPSA) is 75.6 Å². The van der Waals surface area contributed by atoms with Crippen LogP contribution in [0.2, 0.25) is 0 Å². The molecule has 0 aromatic heterocycles. The Balaban J connectivity index is 1.97. The second kappa shape index (κ2) is 7.45. The van der Waals surface area contributed by atoms with Crippen molar-refractivity contribution in [3.8, 4) is 5.75 Å². The standard InChI is InChI=1S/C18H19NO4/c1-12-3-5-13(6-4-12)10-17(20)19-11-14-7-8-16(23-2)15(9-14)18(21)22/h3-9H,10-11H2,1-2H3,(H,19,20)(H,21,22). The molecule has 0 aliphatic heterocycles. The summed E-state index contributed by atoms with van der Waals surface area (Å²) in [6.45, 7) is 2.27. The zero-order valence-electron chi connectivity index (χ0n) is 13.1. The first-order valence-electron chi connectivity index (χ1n) is 7.22. The van der Waals surface area contributed by atoms with E-state index in [1.165, 1.54) is 13.2 Å². The number of carbonyl (C=O) groups excluding carboxylic acids is 1. The number of hydrogen-bond acceptors (Lipinski definition) is 3. The van der Waals surface area contributed by atoms with E-state index in [-0.39, 0.29) is 18.0 Å². The van der Waals surface area contributed by atoms with Gasteiger partial charge in [-0.3, -0.25) is 4.79 Å². The molecule has 5 heteroatoms. The molecule has 0 heterocycles. The molecule has 0 atom stereocenters. The number of ether oxygens (including phenoxy) is 1. The molecule has 0 fully saturated rings. The number of rotatable bonds is 6.